The summed E-state index contributed by atoms with van der Waals surface area (Å²) in [5.41, 5.74) is 1.86. The van der Waals surface area contributed by atoms with Crippen molar-refractivity contribution in [3.8, 4) is 0 Å². The predicted octanol–water partition coefficient (Wildman–Crippen LogP) is 2.05. The average molecular weight is 216 g/mol. The first kappa shape index (κ1) is 10.9. The van der Waals surface area contributed by atoms with Gasteiger partial charge in [0, 0.05) is 20.0 Å². The van der Waals surface area contributed by atoms with Gasteiger partial charge in [0.25, 0.3) is 5.91 Å². The number of amides is 1. The molecule has 1 unspecified atom stereocenters. The molecule has 1 aliphatic rings. The van der Waals surface area contributed by atoms with Crippen molar-refractivity contribution in [2.24, 2.45) is 4.99 Å². The monoisotopic (exact) mass is 216 g/mol. The summed E-state index contributed by atoms with van der Waals surface area (Å²) < 4.78 is 0. The third kappa shape index (κ3) is 2.13. The van der Waals surface area contributed by atoms with Crippen LogP contribution in [-0.2, 0) is 4.79 Å². The van der Waals surface area contributed by atoms with Gasteiger partial charge in [-0.15, -0.1) is 0 Å². The van der Waals surface area contributed by atoms with E-state index in [2.05, 4.69) is 4.99 Å². The Morgan fingerprint density at radius 3 is 2.56 bits per heavy atom. The lowest BCUT2D eigenvalue weighted by molar-refractivity contribution is -0.121. The van der Waals surface area contributed by atoms with Crippen LogP contribution in [0.2, 0.25) is 0 Å². The largest absolute Gasteiger partial charge is 0.340 e. The van der Waals surface area contributed by atoms with Crippen LogP contribution in [-0.4, -0.2) is 30.1 Å². The van der Waals surface area contributed by atoms with E-state index in [1.54, 1.807) is 4.90 Å². The van der Waals surface area contributed by atoms with Gasteiger partial charge in [0.15, 0.2) is 0 Å². The molecular formula is C13H16N2O. The van der Waals surface area contributed by atoms with Crippen LogP contribution in [0.15, 0.2) is 35.3 Å². The van der Waals surface area contributed by atoms with Gasteiger partial charge in [0.1, 0.15) is 5.71 Å². The summed E-state index contributed by atoms with van der Waals surface area (Å²) in [4.78, 5) is 17.9. The Morgan fingerprint density at radius 1 is 1.31 bits per heavy atom. The summed E-state index contributed by atoms with van der Waals surface area (Å²) in [6, 6.07) is 10.1. The number of carbonyl (C=O) groups is 1. The van der Waals surface area contributed by atoms with Gasteiger partial charge in [0.2, 0.25) is 0 Å². The fourth-order valence-corrected chi connectivity index (χ4v) is 1.86. The molecule has 1 atom stereocenters. The number of carbonyl (C=O) groups excluding carboxylic acids is 1. The molecule has 0 spiro atoms. The molecule has 1 saturated heterocycles. The summed E-state index contributed by atoms with van der Waals surface area (Å²) in [6.45, 7) is 2.81. The highest BCUT2D eigenvalue weighted by Crippen LogP contribution is 2.18. The van der Waals surface area contributed by atoms with Crippen molar-refractivity contribution < 1.29 is 4.79 Å². The maximum absolute atomic E-state index is 11.7. The molecular weight excluding hydrogens is 200 g/mol. The van der Waals surface area contributed by atoms with Crippen molar-refractivity contribution in [2.45, 2.75) is 19.4 Å². The molecule has 0 saturated carbocycles. The van der Waals surface area contributed by atoms with Crippen molar-refractivity contribution in [1.29, 1.82) is 0 Å². The molecule has 3 heteroatoms. The molecule has 1 fully saturated rings. The first-order valence-electron chi connectivity index (χ1n) is 5.55. The molecule has 1 aliphatic heterocycles. The minimum Gasteiger partial charge on any atom is -0.340 e. The Hall–Kier alpha value is -1.64. The minimum absolute atomic E-state index is 0.0617. The Bertz CT molecular complexity index is 411. The fourth-order valence-electron chi connectivity index (χ4n) is 1.86. The second-order valence-corrected chi connectivity index (χ2v) is 4.14. The molecule has 0 bridgehead atoms. The third-order valence-corrected chi connectivity index (χ3v) is 2.91. The first-order valence-corrected chi connectivity index (χ1v) is 5.55. The van der Waals surface area contributed by atoms with Gasteiger partial charge in [-0.25, -0.2) is 0 Å². The summed E-state index contributed by atoms with van der Waals surface area (Å²) in [6.07, 6.45) is 0.770. The Morgan fingerprint density at radius 2 is 2.00 bits per heavy atom. The molecule has 1 amide bonds. The van der Waals surface area contributed by atoms with Gasteiger partial charge < -0.3 is 4.90 Å². The maximum atomic E-state index is 11.7. The van der Waals surface area contributed by atoms with Crippen LogP contribution in [0.5, 0.6) is 0 Å². The number of benzene rings is 1. The molecule has 3 nitrogen and oxygen atoms in total. The normalized spacial score (nSPS) is 20.5. The first-order chi connectivity index (χ1) is 7.68. The van der Waals surface area contributed by atoms with Crippen LogP contribution < -0.4 is 0 Å². The number of likely N-dealkylation sites (tertiary alicyclic amines) is 1. The zero-order valence-corrected chi connectivity index (χ0v) is 9.68. The van der Waals surface area contributed by atoms with Crippen molar-refractivity contribution in [2.75, 3.05) is 13.6 Å². The molecule has 0 aliphatic carbocycles. The average Bonchev–Trinajstić information content (AvgIpc) is 2.62. The Labute approximate surface area is 95.8 Å². The molecule has 2 rings (SSSR count). The number of rotatable bonds is 2. The summed E-state index contributed by atoms with van der Waals surface area (Å²) in [7, 11) is 1.82. The van der Waals surface area contributed by atoms with E-state index in [9.17, 15) is 4.79 Å². The molecule has 1 aromatic carbocycles. The van der Waals surface area contributed by atoms with E-state index in [1.807, 2.05) is 44.3 Å². The SMILES string of the molecule is CC(/N=C1\CCN(C)C1=O)c1ccccc1. The Kier molecular flexibility index (Phi) is 3.04. The third-order valence-electron chi connectivity index (χ3n) is 2.91. The van der Waals surface area contributed by atoms with Crippen molar-refractivity contribution in [3.05, 3.63) is 35.9 Å². The molecule has 0 N–H and O–H groups in total. The van der Waals surface area contributed by atoms with Crippen LogP contribution in [0.25, 0.3) is 0 Å². The fraction of sp³-hybridized carbons (Fsp3) is 0.385. The van der Waals surface area contributed by atoms with E-state index in [1.165, 1.54) is 0 Å². The quantitative estimate of drug-likeness (QED) is 0.744. The predicted molar refractivity (Wildman–Crippen MR) is 64.5 cm³/mol. The molecule has 1 heterocycles. The van der Waals surface area contributed by atoms with Crippen LogP contribution in [0.4, 0.5) is 0 Å². The number of nitrogens with zero attached hydrogens (tertiary/aromatic N) is 2. The molecule has 0 aromatic heterocycles. The number of aliphatic imine (C=N–C) groups is 1. The standard InChI is InChI=1S/C13H16N2O/c1-10(11-6-4-3-5-7-11)14-12-8-9-15(2)13(12)16/h3-7,10H,8-9H2,1-2H3/b14-12+. The van der Waals surface area contributed by atoms with Crippen LogP contribution >= 0.6 is 0 Å². The topological polar surface area (TPSA) is 32.7 Å². The van der Waals surface area contributed by atoms with Gasteiger partial charge in [-0.2, -0.15) is 0 Å². The van der Waals surface area contributed by atoms with E-state index in [4.69, 9.17) is 0 Å². The van der Waals surface area contributed by atoms with Crippen LogP contribution in [0.3, 0.4) is 0 Å². The van der Waals surface area contributed by atoms with Crippen LogP contribution in [0.1, 0.15) is 24.9 Å². The smallest absolute Gasteiger partial charge is 0.267 e. The van der Waals surface area contributed by atoms with Crippen molar-refractivity contribution >= 4 is 11.6 Å². The molecule has 1 aromatic rings. The van der Waals surface area contributed by atoms with Gasteiger partial charge in [-0.1, -0.05) is 30.3 Å². The van der Waals surface area contributed by atoms with E-state index in [0.717, 1.165) is 18.5 Å². The second-order valence-electron chi connectivity index (χ2n) is 4.14. The zero-order chi connectivity index (χ0) is 11.5. The van der Waals surface area contributed by atoms with E-state index in [0.29, 0.717) is 5.71 Å². The lowest BCUT2D eigenvalue weighted by Gasteiger charge is -2.08. The number of hydrogen-bond acceptors (Lipinski definition) is 2. The van der Waals surface area contributed by atoms with E-state index >= 15 is 0 Å². The molecule has 16 heavy (non-hydrogen) atoms. The zero-order valence-electron chi connectivity index (χ0n) is 9.68. The number of hydrogen-bond donors (Lipinski definition) is 0. The van der Waals surface area contributed by atoms with Crippen molar-refractivity contribution in [1.82, 2.24) is 4.90 Å². The molecule has 0 radical (unpaired) electrons. The van der Waals surface area contributed by atoms with Crippen LogP contribution in [0, 0.1) is 0 Å². The highest BCUT2D eigenvalue weighted by atomic mass is 16.2. The summed E-state index contributed by atoms with van der Waals surface area (Å²) in [5, 5.41) is 0. The summed E-state index contributed by atoms with van der Waals surface area (Å²) >= 11 is 0. The second kappa shape index (κ2) is 4.47. The highest BCUT2D eigenvalue weighted by Gasteiger charge is 2.24. The lowest BCUT2D eigenvalue weighted by Crippen LogP contribution is -2.22. The van der Waals surface area contributed by atoms with Gasteiger partial charge >= 0.3 is 0 Å². The van der Waals surface area contributed by atoms with E-state index in [-0.39, 0.29) is 11.9 Å². The van der Waals surface area contributed by atoms with E-state index < -0.39 is 0 Å². The lowest BCUT2D eigenvalue weighted by atomic mass is 10.1. The van der Waals surface area contributed by atoms with Gasteiger partial charge in [-0.3, -0.25) is 9.79 Å². The minimum atomic E-state index is 0.0617. The highest BCUT2D eigenvalue weighted by molar-refractivity contribution is 6.40. The van der Waals surface area contributed by atoms with Gasteiger partial charge in [-0.05, 0) is 12.5 Å². The van der Waals surface area contributed by atoms with Gasteiger partial charge in [0.05, 0.1) is 6.04 Å². The maximum Gasteiger partial charge on any atom is 0.267 e. The Balaban J connectivity index is 2.16. The van der Waals surface area contributed by atoms with Crippen molar-refractivity contribution in [3.63, 3.8) is 0 Å². The molecule has 84 valence electrons. The summed E-state index contributed by atoms with van der Waals surface area (Å²) in [5.74, 6) is 0.0720.